The van der Waals surface area contributed by atoms with Gasteiger partial charge in [0.15, 0.2) is 5.13 Å². The largest absolute Gasteiger partial charge is 0.320 e. The highest BCUT2D eigenvalue weighted by Gasteiger charge is 2.19. The number of thiazole rings is 1. The first-order chi connectivity index (χ1) is 9.92. The summed E-state index contributed by atoms with van der Waals surface area (Å²) in [6.45, 7) is 3.85. The van der Waals surface area contributed by atoms with Gasteiger partial charge in [-0.2, -0.15) is 0 Å². The summed E-state index contributed by atoms with van der Waals surface area (Å²) >= 11 is 1.24. The summed E-state index contributed by atoms with van der Waals surface area (Å²) in [7, 11) is -3.72. The van der Waals surface area contributed by atoms with Gasteiger partial charge in [-0.3, -0.25) is 4.72 Å². The Labute approximate surface area is 128 Å². The van der Waals surface area contributed by atoms with Crippen LogP contribution in [0.15, 0.2) is 28.5 Å². The van der Waals surface area contributed by atoms with Crippen LogP contribution in [0, 0.1) is 25.7 Å². The number of aromatic nitrogens is 1. The molecular formula is C14H15N3O2S2. The quantitative estimate of drug-likeness (QED) is 0.845. The zero-order chi connectivity index (χ0) is 15.5. The minimum absolute atomic E-state index is 0.127. The molecular weight excluding hydrogens is 306 g/mol. The molecule has 110 valence electrons. The van der Waals surface area contributed by atoms with Crippen molar-refractivity contribution in [2.24, 2.45) is 5.73 Å². The lowest BCUT2D eigenvalue weighted by molar-refractivity contribution is 0.601. The molecule has 0 radical (unpaired) electrons. The highest BCUT2D eigenvalue weighted by atomic mass is 32.2. The summed E-state index contributed by atoms with van der Waals surface area (Å²) in [4.78, 5) is 4.23. The van der Waals surface area contributed by atoms with Gasteiger partial charge >= 0.3 is 0 Å². The van der Waals surface area contributed by atoms with E-state index in [1.54, 1.807) is 30.5 Å². The molecule has 2 rings (SSSR count). The standard InChI is InChI=1S/C14H15N3O2S2/c1-10-5-6-13(12(8-10)4-3-7-15)21(18,19)17-14-16-11(2)9-20-14/h5-6,8-9H,7,15H2,1-2H3,(H,16,17). The van der Waals surface area contributed by atoms with Gasteiger partial charge in [-0.15, -0.1) is 11.3 Å². The highest BCUT2D eigenvalue weighted by molar-refractivity contribution is 7.93. The molecule has 1 aromatic carbocycles. The molecule has 2 aromatic rings. The molecule has 0 aliphatic rings. The molecule has 0 unspecified atom stereocenters. The number of hydrogen-bond donors (Lipinski definition) is 2. The molecule has 0 atom stereocenters. The minimum Gasteiger partial charge on any atom is -0.320 e. The zero-order valence-corrected chi connectivity index (χ0v) is 13.3. The number of nitrogens with zero attached hydrogens (tertiary/aromatic N) is 1. The molecule has 5 nitrogen and oxygen atoms in total. The van der Waals surface area contributed by atoms with Crippen LogP contribution in [0.3, 0.4) is 0 Å². The van der Waals surface area contributed by atoms with Gasteiger partial charge in [0, 0.05) is 10.9 Å². The SMILES string of the molecule is Cc1ccc(S(=O)(=O)Nc2nc(C)cs2)c(C#CCN)c1. The van der Waals surface area contributed by atoms with Crippen molar-refractivity contribution in [1.29, 1.82) is 0 Å². The van der Waals surface area contributed by atoms with E-state index >= 15 is 0 Å². The van der Waals surface area contributed by atoms with Crippen LogP contribution in [-0.2, 0) is 10.0 Å². The average molecular weight is 321 g/mol. The van der Waals surface area contributed by atoms with Crippen LogP contribution >= 0.6 is 11.3 Å². The normalized spacial score (nSPS) is 10.8. The topological polar surface area (TPSA) is 85.1 Å². The van der Waals surface area contributed by atoms with Gasteiger partial charge in [0.25, 0.3) is 10.0 Å². The fourth-order valence-electron chi connectivity index (χ4n) is 1.69. The van der Waals surface area contributed by atoms with Crippen molar-refractivity contribution in [2.45, 2.75) is 18.7 Å². The third-order valence-corrected chi connectivity index (χ3v) is 4.99. The van der Waals surface area contributed by atoms with Crippen molar-refractivity contribution in [2.75, 3.05) is 11.3 Å². The summed E-state index contributed by atoms with van der Waals surface area (Å²) in [5, 5.41) is 2.12. The lowest BCUT2D eigenvalue weighted by Gasteiger charge is -2.08. The molecule has 0 aliphatic heterocycles. The van der Waals surface area contributed by atoms with Gasteiger partial charge in [0.2, 0.25) is 0 Å². The second-order valence-electron chi connectivity index (χ2n) is 4.41. The Hall–Kier alpha value is -1.88. The molecule has 0 bridgehead atoms. The van der Waals surface area contributed by atoms with Crippen molar-refractivity contribution >= 4 is 26.5 Å². The van der Waals surface area contributed by atoms with Gasteiger partial charge in [-0.1, -0.05) is 17.9 Å². The number of sulfonamides is 1. The Bertz CT molecular complexity index is 814. The second kappa shape index (κ2) is 6.26. The maximum absolute atomic E-state index is 12.5. The van der Waals surface area contributed by atoms with Crippen LogP contribution in [0.5, 0.6) is 0 Å². The Morgan fingerprint density at radius 1 is 1.38 bits per heavy atom. The second-order valence-corrected chi connectivity index (χ2v) is 6.91. The van der Waals surface area contributed by atoms with E-state index in [0.717, 1.165) is 11.3 Å². The third kappa shape index (κ3) is 3.82. The van der Waals surface area contributed by atoms with Crippen LogP contribution in [0.2, 0.25) is 0 Å². The lowest BCUT2D eigenvalue weighted by atomic mass is 10.1. The van der Waals surface area contributed by atoms with Crippen LogP contribution in [0.1, 0.15) is 16.8 Å². The number of benzene rings is 1. The Balaban J connectivity index is 2.44. The third-order valence-electron chi connectivity index (χ3n) is 2.59. The maximum Gasteiger partial charge on any atom is 0.264 e. The number of nitrogens with two attached hydrogens (primary N) is 1. The van der Waals surface area contributed by atoms with E-state index in [1.165, 1.54) is 11.3 Å². The number of nitrogens with one attached hydrogen (secondary N) is 1. The van der Waals surface area contributed by atoms with E-state index in [1.807, 2.05) is 6.92 Å². The van der Waals surface area contributed by atoms with Crippen molar-refractivity contribution < 1.29 is 8.42 Å². The summed E-state index contributed by atoms with van der Waals surface area (Å²) in [6.07, 6.45) is 0. The molecule has 3 N–H and O–H groups in total. The van der Waals surface area contributed by atoms with Crippen LogP contribution in [0.25, 0.3) is 0 Å². The van der Waals surface area contributed by atoms with Crippen molar-refractivity contribution in [3.63, 3.8) is 0 Å². The maximum atomic E-state index is 12.5. The van der Waals surface area contributed by atoms with E-state index < -0.39 is 10.0 Å². The minimum atomic E-state index is -3.72. The first-order valence-corrected chi connectivity index (χ1v) is 8.53. The van der Waals surface area contributed by atoms with E-state index in [0.29, 0.717) is 10.7 Å². The van der Waals surface area contributed by atoms with Crippen molar-refractivity contribution in [3.8, 4) is 11.8 Å². The van der Waals surface area contributed by atoms with Crippen LogP contribution in [-0.4, -0.2) is 19.9 Å². The fraction of sp³-hybridized carbons (Fsp3) is 0.214. The zero-order valence-electron chi connectivity index (χ0n) is 11.7. The number of rotatable bonds is 3. The molecule has 7 heteroatoms. The molecule has 1 heterocycles. The number of aryl methyl sites for hydroxylation is 2. The average Bonchev–Trinajstić information content (AvgIpc) is 2.80. The molecule has 0 saturated carbocycles. The van der Waals surface area contributed by atoms with E-state index in [-0.39, 0.29) is 11.4 Å². The molecule has 0 spiro atoms. The predicted molar refractivity (Wildman–Crippen MR) is 84.8 cm³/mol. The smallest absolute Gasteiger partial charge is 0.264 e. The monoisotopic (exact) mass is 321 g/mol. The summed E-state index contributed by atoms with van der Waals surface area (Å²) < 4.78 is 27.4. The van der Waals surface area contributed by atoms with E-state index in [4.69, 9.17) is 5.73 Å². The highest BCUT2D eigenvalue weighted by Crippen LogP contribution is 2.22. The Morgan fingerprint density at radius 2 is 2.14 bits per heavy atom. The molecule has 0 saturated heterocycles. The summed E-state index contributed by atoms with van der Waals surface area (Å²) in [6, 6.07) is 5.00. The van der Waals surface area contributed by atoms with E-state index in [9.17, 15) is 8.42 Å². The molecule has 0 fully saturated rings. The lowest BCUT2D eigenvalue weighted by Crippen LogP contribution is -2.14. The van der Waals surface area contributed by atoms with Gasteiger partial charge in [0.05, 0.1) is 12.2 Å². The van der Waals surface area contributed by atoms with E-state index in [2.05, 4.69) is 21.5 Å². The predicted octanol–water partition coefficient (Wildman–Crippen LogP) is 1.87. The molecule has 1 aromatic heterocycles. The number of anilines is 1. The van der Waals surface area contributed by atoms with Gasteiger partial charge < -0.3 is 5.73 Å². The first-order valence-electron chi connectivity index (χ1n) is 6.17. The molecule has 0 amide bonds. The Kier molecular flexibility index (Phi) is 4.63. The Morgan fingerprint density at radius 3 is 2.76 bits per heavy atom. The fourth-order valence-corrected chi connectivity index (χ4v) is 3.78. The summed E-state index contributed by atoms with van der Waals surface area (Å²) in [5.41, 5.74) is 7.48. The van der Waals surface area contributed by atoms with Crippen LogP contribution < -0.4 is 10.5 Å². The molecule has 21 heavy (non-hydrogen) atoms. The van der Waals surface area contributed by atoms with Crippen LogP contribution in [0.4, 0.5) is 5.13 Å². The molecule has 0 aliphatic carbocycles. The summed E-state index contributed by atoms with van der Waals surface area (Å²) in [5.74, 6) is 5.48. The van der Waals surface area contributed by atoms with Crippen molar-refractivity contribution in [1.82, 2.24) is 4.98 Å². The van der Waals surface area contributed by atoms with Gasteiger partial charge in [0.1, 0.15) is 4.90 Å². The number of hydrogen-bond acceptors (Lipinski definition) is 5. The van der Waals surface area contributed by atoms with Crippen molar-refractivity contribution in [3.05, 3.63) is 40.4 Å². The van der Waals surface area contributed by atoms with Gasteiger partial charge in [-0.05, 0) is 31.5 Å². The van der Waals surface area contributed by atoms with Gasteiger partial charge in [-0.25, -0.2) is 13.4 Å². The first kappa shape index (κ1) is 15.5.